The van der Waals surface area contributed by atoms with Gasteiger partial charge in [-0.05, 0) is 37.1 Å². The van der Waals surface area contributed by atoms with E-state index in [1.54, 1.807) is 0 Å². The lowest BCUT2D eigenvalue weighted by Gasteiger charge is -2.13. The first-order valence-corrected chi connectivity index (χ1v) is 6.75. The van der Waals surface area contributed by atoms with E-state index >= 15 is 0 Å². The molecule has 0 aromatic heterocycles. The summed E-state index contributed by atoms with van der Waals surface area (Å²) < 4.78 is 0.968. The van der Waals surface area contributed by atoms with Gasteiger partial charge < -0.3 is 15.5 Å². The Kier molecular flexibility index (Phi) is 6.73. The number of aliphatic hydroxyl groups is 2. The number of aliphatic hydroxyl groups excluding tert-OH is 2. The molecule has 0 radical (unpaired) electrons. The molecule has 0 aliphatic carbocycles. The quantitative estimate of drug-likeness (QED) is 0.677. The van der Waals surface area contributed by atoms with Crippen LogP contribution in [0.3, 0.4) is 0 Å². The van der Waals surface area contributed by atoms with Crippen LogP contribution in [-0.2, 0) is 0 Å². The fourth-order valence-electron chi connectivity index (χ4n) is 1.54. The van der Waals surface area contributed by atoms with Gasteiger partial charge in [0.1, 0.15) is 0 Å². The highest BCUT2D eigenvalue weighted by Gasteiger charge is 2.07. The van der Waals surface area contributed by atoms with Gasteiger partial charge in [0.2, 0.25) is 0 Å². The molecule has 0 spiro atoms. The van der Waals surface area contributed by atoms with Crippen LogP contribution in [0.25, 0.3) is 0 Å². The van der Waals surface area contributed by atoms with Crippen LogP contribution in [0.5, 0.6) is 0 Å². The number of rotatable bonds is 7. The minimum absolute atomic E-state index is 0.245. The fraction of sp³-hybridized carbons (Fsp3) is 0.538. The predicted octanol–water partition coefficient (Wildman–Crippen LogP) is 2.23. The molecule has 4 heteroatoms. The maximum atomic E-state index is 9.92. The van der Waals surface area contributed by atoms with Gasteiger partial charge in [-0.1, -0.05) is 35.0 Å². The molecule has 3 N–H and O–H groups in total. The van der Waals surface area contributed by atoms with Crippen molar-refractivity contribution in [2.24, 2.45) is 0 Å². The van der Waals surface area contributed by atoms with Crippen molar-refractivity contribution >= 4 is 15.9 Å². The van der Waals surface area contributed by atoms with Crippen LogP contribution in [0.15, 0.2) is 28.7 Å². The third-order valence-electron chi connectivity index (χ3n) is 2.70. The molecule has 2 unspecified atom stereocenters. The Balaban J connectivity index is 2.28. The van der Waals surface area contributed by atoms with Crippen LogP contribution in [0.2, 0.25) is 0 Å². The smallest absolute Gasteiger partial charge is 0.0914 e. The summed E-state index contributed by atoms with van der Waals surface area (Å²) in [7, 11) is 0. The first-order valence-electron chi connectivity index (χ1n) is 5.95. The molecule has 0 saturated heterocycles. The molecule has 0 saturated carbocycles. The average Bonchev–Trinajstić information content (AvgIpc) is 2.34. The molecule has 2 atom stereocenters. The van der Waals surface area contributed by atoms with Crippen molar-refractivity contribution < 1.29 is 10.2 Å². The third-order valence-corrected chi connectivity index (χ3v) is 3.19. The molecule has 1 rings (SSSR count). The minimum Gasteiger partial charge on any atom is -0.393 e. The number of benzene rings is 1. The molecule has 0 amide bonds. The molecular formula is C13H20BrNO2. The summed E-state index contributed by atoms with van der Waals surface area (Å²) in [5.41, 5.74) is 0.892. The van der Waals surface area contributed by atoms with E-state index in [4.69, 9.17) is 0 Å². The van der Waals surface area contributed by atoms with Crippen LogP contribution in [0.4, 0.5) is 0 Å². The molecule has 0 aliphatic rings. The number of halogens is 1. The standard InChI is InChI=1S/C13H20BrNO2/c1-2-12(16)6-7-15-9-13(17)10-4-3-5-11(14)8-10/h3-5,8,12-13,15-17H,2,6-7,9H2,1H3. The van der Waals surface area contributed by atoms with Crippen molar-refractivity contribution in [1.29, 1.82) is 0 Å². The summed E-state index contributed by atoms with van der Waals surface area (Å²) in [6.45, 7) is 3.19. The molecule has 3 nitrogen and oxygen atoms in total. The van der Waals surface area contributed by atoms with Gasteiger partial charge in [-0.25, -0.2) is 0 Å². The van der Waals surface area contributed by atoms with E-state index in [1.165, 1.54) is 0 Å². The Morgan fingerprint density at radius 3 is 2.76 bits per heavy atom. The molecule has 0 fully saturated rings. The van der Waals surface area contributed by atoms with Crippen LogP contribution in [0, 0.1) is 0 Å². The van der Waals surface area contributed by atoms with Crippen molar-refractivity contribution in [3.8, 4) is 0 Å². The molecule has 0 heterocycles. The van der Waals surface area contributed by atoms with E-state index < -0.39 is 6.10 Å². The summed E-state index contributed by atoms with van der Waals surface area (Å²) in [6.07, 6.45) is 0.745. The lowest BCUT2D eigenvalue weighted by atomic mass is 10.1. The lowest BCUT2D eigenvalue weighted by molar-refractivity contribution is 0.150. The normalized spacial score (nSPS) is 14.6. The van der Waals surface area contributed by atoms with Crippen molar-refractivity contribution in [2.75, 3.05) is 13.1 Å². The zero-order valence-electron chi connectivity index (χ0n) is 10.1. The van der Waals surface area contributed by atoms with Gasteiger partial charge >= 0.3 is 0 Å². The van der Waals surface area contributed by atoms with Gasteiger partial charge in [0, 0.05) is 11.0 Å². The van der Waals surface area contributed by atoms with Gasteiger partial charge in [0.05, 0.1) is 12.2 Å². The largest absolute Gasteiger partial charge is 0.393 e. The minimum atomic E-state index is -0.508. The molecule has 17 heavy (non-hydrogen) atoms. The Hall–Kier alpha value is -0.420. The number of hydrogen-bond acceptors (Lipinski definition) is 3. The van der Waals surface area contributed by atoms with E-state index in [1.807, 2.05) is 31.2 Å². The van der Waals surface area contributed by atoms with Crippen LogP contribution < -0.4 is 5.32 Å². The highest BCUT2D eigenvalue weighted by molar-refractivity contribution is 9.10. The Morgan fingerprint density at radius 2 is 2.12 bits per heavy atom. The summed E-state index contributed by atoms with van der Waals surface area (Å²) in [4.78, 5) is 0. The third kappa shape index (κ3) is 5.64. The fourth-order valence-corrected chi connectivity index (χ4v) is 1.96. The van der Waals surface area contributed by atoms with E-state index in [0.717, 1.165) is 29.4 Å². The first kappa shape index (κ1) is 14.6. The van der Waals surface area contributed by atoms with Gasteiger partial charge in [-0.2, -0.15) is 0 Å². The highest BCUT2D eigenvalue weighted by Crippen LogP contribution is 2.17. The van der Waals surface area contributed by atoms with Crippen LogP contribution in [0.1, 0.15) is 31.4 Å². The van der Waals surface area contributed by atoms with Gasteiger partial charge in [0.15, 0.2) is 0 Å². The molecule has 0 aliphatic heterocycles. The van der Waals surface area contributed by atoms with E-state index in [2.05, 4.69) is 21.2 Å². The Bertz CT molecular complexity index is 333. The summed E-state index contributed by atoms with van der Waals surface area (Å²) >= 11 is 3.38. The summed E-state index contributed by atoms with van der Waals surface area (Å²) in [5, 5.41) is 22.4. The first-order chi connectivity index (χ1) is 8.13. The molecular weight excluding hydrogens is 282 g/mol. The van der Waals surface area contributed by atoms with E-state index in [9.17, 15) is 10.2 Å². The zero-order valence-corrected chi connectivity index (χ0v) is 11.7. The van der Waals surface area contributed by atoms with E-state index in [0.29, 0.717) is 6.54 Å². The van der Waals surface area contributed by atoms with Crippen molar-refractivity contribution in [3.63, 3.8) is 0 Å². The van der Waals surface area contributed by atoms with Crippen molar-refractivity contribution in [2.45, 2.75) is 32.0 Å². The van der Waals surface area contributed by atoms with Crippen molar-refractivity contribution in [1.82, 2.24) is 5.32 Å². The maximum absolute atomic E-state index is 9.92. The molecule has 96 valence electrons. The highest BCUT2D eigenvalue weighted by atomic mass is 79.9. The molecule has 1 aromatic carbocycles. The Labute approximate surface area is 111 Å². The van der Waals surface area contributed by atoms with Crippen LogP contribution >= 0.6 is 15.9 Å². The monoisotopic (exact) mass is 301 g/mol. The summed E-state index contributed by atoms with van der Waals surface area (Å²) in [5.74, 6) is 0. The second-order valence-corrected chi connectivity index (χ2v) is 5.04. The second kappa shape index (κ2) is 7.82. The maximum Gasteiger partial charge on any atom is 0.0914 e. The lowest BCUT2D eigenvalue weighted by Crippen LogP contribution is -2.25. The van der Waals surface area contributed by atoms with Gasteiger partial charge in [0.25, 0.3) is 0 Å². The van der Waals surface area contributed by atoms with Crippen LogP contribution in [-0.4, -0.2) is 29.4 Å². The number of hydrogen-bond donors (Lipinski definition) is 3. The zero-order chi connectivity index (χ0) is 12.7. The van der Waals surface area contributed by atoms with E-state index in [-0.39, 0.29) is 6.10 Å². The summed E-state index contributed by atoms with van der Waals surface area (Å²) in [6, 6.07) is 7.65. The van der Waals surface area contributed by atoms with Gasteiger partial charge in [-0.15, -0.1) is 0 Å². The topological polar surface area (TPSA) is 52.5 Å². The molecule has 0 bridgehead atoms. The Morgan fingerprint density at radius 1 is 1.35 bits per heavy atom. The van der Waals surface area contributed by atoms with Gasteiger partial charge in [-0.3, -0.25) is 0 Å². The second-order valence-electron chi connectivity index (χ2n) is 4.13. The number of nitrogens with one attached hydrogen (secondary N) is 1. The van der Waals surface area contributed by atoms with Crippen molar-refractivity contribution in [3.05, 3.63) is 34.3 Å². The molecule has 1 aromatic rings. The predicted molar refractivity (Wildman–Crippen MR) is 72.9 cm³/mol. The SMILES string of the molecule is CCC(O)CCNCC(O)c1cccc(Br)c1. The average molecular weight is 302 g/mol.